The molecular weight excluding hydrogens is 385 g/mol. The Morgan fingerprint density at radius 2 is 1.82 bits per heavy atom. The second kappa shape index (κ2) is 7.81. The molecule has 28 heavy (non-hydrogen) atoms. The number of hydrogen-bond acceptors (Lipinski definition) is 5. The van der Waals surface area contributed by atoms with Crippen molar-refractivity contribution in [3.63, 3.8) is 0 Å². The first kappa shape index (κ1) is 20.8. The quantitative estimate of drug-likeness (QED) is 0.694. The highest BCUT2D eigenvalue weighted by Crippen LogP contribution is 2.42. The number of hydrogen-bond donors (Lipinski definition) is 0. The number of amides is 1. The highest BCUT2D eigenvalue weighted by molar-refractivity contribution is 7.91. The third kappa shape index (κ3) is 4.06. The van der Waals surface area contributed by atoms with Gasteiger partial charge in [0.05, 0.1) is 16.9 Å². The van der Waals surface area contributed by atoms with Gasteiger partial charge in [0.2, 0.25) is 0 Å². The van der Waals surface area contributed by atoms with Gasteiger partial charge in [0.15, 0.2) is 15.9 Å². The molecule has 1 aromatic carbocycles. The van der Waals surface area contributed by atoms with Gasteiger partial charge in [0, 0.05) is 13.1 Å². The van der Waals surface area contributed by atoms with Crippen LogP contribution in [0.2, 0.25) is 0 Å². The summed E-state index contributed by atoms with van der Waals surface area (Å²) in [5.74, 6) is -1.26. The summed E-state index contributed by atoms with van der Waals surface area (Å²) in [6.45, 7) is 1.51. The number of esters is 1. The molecule has 3 rings (SSSR count). The normalized spacial score (nSPS) is 23.9. The van der Waals surface area contributed by atoms with Crippen LogP contribution in [-0.2, 0) is 29.6 Å². The molecule has 2 fully saturated rings. The molecule has 0 bridgehead atoms. The molecule has 154 valence electrons. The van der Waals surface area contributed by atoms with Crippen molar-refractivity contribution in [3.8, 4) is 0 Å². The summed E-state index contributed by atoms with van der Waals surface area (Å²) in [6, 6.07) is 5.46. The van der Waals surface area contributed by atoms with Crippen LogP contribution in [0.3, 0.4) is 0 Å². The van der Waals surface area contributed by atoms with Crippen molar-refractivity contribution in [2.24, 2.45) is 0 Å². The number of benzene rings is 1. The molecule has 0 N–H and O–H groups in total. The molecule has 2 atom stereocenters. The lowest BCUT2D eigenvalue weighted by molar-refractivity contribution is -0.164. The van der Waals surface area contributed by atoms with Gasteiger partial charge in [0.1, 0.15) is 5.82 Å². The number of ether oxygens (including phenoxy) is 1. The average molecular weight is 411 g/mol. The second-order valence-electron chi connectivity index (χ2n) is 7.85. The summed E-state index contributed by atoms with van der Waals surface area (Å²) in [7, 11) is -1.57. The maximum atomic E-state index is 13.3. The Bertz CT molecular complexity index is 846. The highest BCUT2D eigenvalue weighted by atomic mass is 32.2. The maximum absolute atomic E-state index is 13.3. The van der Waals surface area contributed by atoms with Crippen molar-refractivity contribution in [3.05, 3.63) is 35.6 Å². The third-order valence-corrected chi connectivity index (χ3v) is 7.73. The highest BCUT2D eigenvalue weighted by Gasteiger charge is 2.45. The van der Waals surface area contributed by atoms with E-state index in [0.717, 1.165) is 12.8 Å². The van der Waals surface area contributed by atoms with Gasteiger partial charge >= 0.3 is 5.97 Å². The molecular formula is C20H26FNO5S. The van der Waals surface area contributed by atoms with Crippen LogP contribution in [0, 0.1) is 5.82 Å². The number of rotatable bonds is 5. The molecule has 1 aromatic rings. The molecule has 1 saturated heterocycles. The number of carbonyl (C=O) groups excluding carboxylic acids is 2. The van der Waals surface area contributed by atoms with Crippen LogP contribution in [0.25, 0.3) is 0 Å². The van der Waals surface area contributed by atoms with E-state index in [2.05, 4.69) is 0 Å². The van der Waals surface area contributed by atoms with Gasteiger partial charge in [-0.05, 0) is 43.9 Å². The molecule has 2 aliphatic rings. The Morgan fingerprint density at radius 3 is 2.36 bits per heavy atom. The first-order valence-electron chi connectivity index (χ1n) is 9.59. The Balaban J connectivity index is 1.71. The first-order valence-corrected chi connectivity index (χ1v) is 11.4. The molecule has 0 aromatic heterocycles. The number of carbonyl (C=O) groups is 2. The van der Waals surface area contributed by atoms with E-state index in [0.29, 0.717) is 24.8 Å². The Hall–Kier alpha value is -1.96. The fourth-order valence-corrected chi connectivity index (χ4v) is 6.00. The van der Waals surface area contributed by atoms with Crippen molar-refractivity contribution < 1.29 is 27.1 Å². The fourth-order valence-electron chi connectivity index (χ4n) is 4.23. The maximum Gasteiger partial charge on any atom is 0.317 e. The molecule has 8 heteroatoms. The van der Waals surface area contributed by atoms with Crippen molar-refractivity contribution in [1.29, 1.82) is 0 Å². The Labute approximate surface area is 165 Å². The monoisotopic (exact) mass is 411 g/mol. The predicted octanol–water partition coefficient (Wildman–Crippen LogP) is 2.21. The molecule has 0 spiro atoms. The van der Waals surface area contributed by atoms with Gasteiger partial charge in [-0.3, -0.25) is 9.59 Å². The average Bonchev–Trinajstić information content (AvgIpc) is 3.28. The number of halogens is 1. The molecule has 1 aliphatic heterocycles. The predicted molar refractivity (Wildman–Crippen MR) is 102 cm³/mol. The van der Waals surface area contributed by atoms with Crippen LogP contribution in [0.5, 0.6) is 0 Å². The smallest absolute Gasteiger partial charge is 0.317 e. The van der Waals surface area contributed by atoms with Gasteiger partial charge in [-0.2, -0.15) is 0 Å². The summed E-state index contributed by atoms with van der Waals surface area (Å²) in [4.78, 5) is 27.1. The van der Waals surface area contributed by atoms with E-state index in [-0.39, 0.29) is 17.3 Å². The lowest BCUT2D eigenvalue weighted by Crippen LogP contribution is -2.46. The summed E-state index contributed by atoms with van der Waals surface area (Å²) in [5.41, 5.74) is -0.163. The Kier molecular flexibility index (Phi) is 5.79. The largest absolute Gasteiger partial charge is 0.452 e. The van der Waals surface area contributed by atoms with Crippen LogP contribution in [0.15, 0.2) is 24.3 Å². The van der Waals surface area contributed by atoms with E-state index in [4.69, 9.17) is 4.74 Å². The zero-order valence-corrected chi connectivity index (χ0v) is 17.0. The molecule has 0 unspecified atom stereocenters. The Morgan fingerprint density at radius 1 is 1.21 bits per heavy atom. The van der Waals surface area contributed by atoms with Gasteiger partial charge in [0.25, 0.3) is 5.91 Å². The number of nitrogens with zero attached hydrogens (tertiary/aromatic N) is 1. The van der Waals surface area contributed by atoms with Gasteiger partial charge < -0.3 is 9.64 Å². The minimum Gasteiger partial charge on any atom is -0.452 e. The summed E-state index contributed by atoms with van der Waals surface area (Å²) in [6.07, 6.45) is 2.27. The minimum absolute atomic E-state index is 0.0601. The summed E-state index contributed by atoms with van der Waals surface area (Å²) in [5, 5.41) is 0. The van der Waals surface area contributed by atoms with E-state index in [1.807, 2.05) is 0 Å². The zero-order chi connectivity index (χ0) is 20.5. The molecule has 1 saturated carbocycles. The fraction of sp³-hybridized carbons (Fsp3) is 0.600. The lowest BCUT2D eigenvalue weighted by atomic mass is 9.79. The molecule has 1 amide bonds. The molecule has 0 radical (unpaired) electrons. The number of likely N-dealkylation sites (N-methyl/N-ethyl adjacent to an activating group) is 1. The van der Waals surface area contributed by atoms with Crippen molar-refractivity contribution in [2.45, 2.75) is 56.6 Å². The van der Waals surface area contributed by atoms with E-state index in [1.54, 1.807) is 19.2 Å². The molecule has 6 nitrogen and oxygen atoms in total. The van der Waals surface area contributed by atoms with E-state index >= 15 is 0 Å². The lowest BCUT2D eigenvalue weighted by Gasteiger charge is -2.31. The third-order valence-electron chi connectivity index (χ3n) is 5.98. The van der Waals surface area contributed by atoms with E-state index < -0.39 is 39.3 Å². The van der Waals surface area contributed by atoms with Crippen LogP contribution < -0.4 is 0 Å². The number of sulfone groups is 1. The molecule has 1 heterocycles. The topological polar surface area (TPSA) is 80.8 Å². The van der Waals surface area contributed by atoms with Crippen molar-refractivity contribution >= 4 is 21.7 Å². The van der Waals surface area contributed by atoms with Gasteiger partial charge in [-0.25, -0.2) is 12.8 Å². The van der Waals surface area contributed by atoms with Crippen LogP contribution in [0.1, 0.15) is 44.6 Å². The zero-order valence-electron chi connectivity index (χ0n) is 16.2. The van der Waals surface area contributed by atoms with Crippen LogP contribution >= 0.6 is 0 Å². The van der Waals surface area contributed by atoms with Gasteiger partial charge in [-0.1, -0.05) is 25.0 Å². The second-order valence-corrected chi connectivity index (χ2v) is 10.1. The first-order chi connectivity index (χ1) is 13.1. The molecule has 1 aliphatic carbocycles. The standard InChI is InChI=1S/C20H26FNO5S/c1-14(18(23)22(2)17-9-12-28(25,26)13-17)27-19(24)20(10-3-4-11-20)15-5-7-16(21)8-6-15/h5-8,14,17H,3-4,9-13H2,1-2H3/t14-,17-/m0/s1. The summed E-state index contributed by atoms with van der Waals surface area (Å²) < 4.78 is 42.2. The minimum atomic E-state index is -3.12. The van der Waals surface area contributed by atoms with Crippen molar-refractivity contribution in [2.75, 3.05) is 18.6 Å². The summed E-state index contributed by atoms with van der Waals surface area (Å²) >= 11 is 0. The van der Waals surface area contributed by atoms with Crippen LogP contribution in [-0.4, -0.2) is 55.9 Å². The SMILES string of the molecule is C[C@H](OC(=O)C1(c2ccc(F)cc2)CCCC1)C(=O)N(C)[C@H]1CCS(=O)(=O)C1. The van der Waals surface area contributed by atoms with Crippen LogP contribution in [0.4, 0.5) is 4.39 Å². The van der Waals surface area contributed by atoms with Crippen molar-refractivity contribution in [1.82, 2.24) is 4.90 Å². The van der Waals surface area contributed by atoms with E-state index in [1.165, 1.54) is 24.0 Å². The van der Waals surface area contributed by atoms with Gasteiger partial charge in [-0.15, -0.1) is 0 Å². The van der Waals surface area contributed by atoms with E-state index in [9.17, 15) is 22.4 Å².